The van der Waals surface area contributed by atoms with E-state index in [0.29, 0.717) is 12.8 Å². The van der Waals surface area contributed by atoms with Crippen molar-refractivity contribution in [3.63, 3.8) is 0 Å². The number of anilines is 1. The number of nitrogens with zero attached hydrogens (tertiary/aromatic N) is 1. The van der Waals surface area contributed by atoms with Crippen molar-refractivity contribution < 1.29 is 4.79 Å². The topological polar surface area (TPSA) is 84.4 Å². The highest BCUT2D eigenvalue weighted by atomic mass is 32.2. The number of benzene rings is 1. The molecule has 5 nitrogen and oxygen atoms in total. The third-order valence-electron chi connectivity index (χ3n) is 4.43. The van der Waals surface area contributed by atoms with Gasteiger partial charge in [0.25, 0.3) is 0 Å². The van der Waals surface area contributed by atoms with E-state index >= 15 is 0 Å². The monoisotopic (exact) mass is 334 g/mol. The summed E-state index contributed by atoms with van der Waals surface area (Å²) in [6.45, 7) is 5.78. The van der Waals surface area contributed by atoms with Gasteiger partial charge in [-0.05, 0) is 67.0 Å². The van der Waals surface area contributed by atoms with Gasteiger partial charge < -0.3 is 16.8 Å². The zero-order valence-corrected chi connectivity index (χ0v) is 14.9. The molecule has 0 unspecified atom stereocenters. The largest absolute Gasteiger partial charge is 0.388 e. The lowest BCUT2D eigenvalue weighted by Gasteiger charge is -2.35. The molecule has 0 aromatic heterocycles. The van der Waals surface area contributed by atoms with Crippen LogP contribution in [0.4, 0.5) is 5.69 Å². The Morgan fingerprint density at radius 3 is 2.35 bits per heavy atom. The van der Waals surface area contributed by atoms with Gasteiger partial charge in [-0.15, -0.1) is 0 Å². The van der Waals surface area contributed by atoms with E-state index in [-0.39, 0.29) is 0 Å². The van der Waals surface area contributed by atoms with Gasteiger partial charge in [0.1, 0.15) is 0 Å². The van der Waals surface area contributed by atoms with Crippen LogP contribution < -0.4 is 16.8 Å². The first-order valence-electron chi connectivity index (χ1n) is 7.82. The van der Waals surface area contributed by atoms with E-state index in [1.54, 1.807) is 11.9 Å². The second-order valence-electron chi connectivity index (χ2n) is 6.13. The van der Waals surface area contributed by atoms with E-state index in [1.807, 2.05) is 7.05 Å². The summed E-state index contributed by atoms with van der Waals surface area (Å²) >= 11 is 1.66. The Morgan fingerprint density at radius 1 is 1.30 bits per heavy atom. The second kappa shape index (κ2) is 7.38. The summed E-state index contributed by atoms with van der Waals surface area (Å²) in [6, 6.07) is 4.29. The Kier molecular flexibility index (Phi) is 5.73. The van der Waals surface area contributed by atoms with Crippen molar-refractivity contribution in [2.75, 3.05) is 25.5 Å². The molecule has 0 radical (unpaired) electrons. The van der Waals surface area contributed by atoms with Crippen molar-refractivity contribution in [3.05, 3.63) is 34.2 Å². The fourth-order valence-electron chi connectivity index (χ4n) is 2.80. The summed E-state index contributed by atoms with van der Waals surface area (Å²) in [5, 5.41) is 5.27. The van der Waals surface area contributed by atoms with Crippen molar-refractivity contribution >= 4 is 29.6 Å². The Hall–Kier alpha value is -1.50. The summed E-state index contributed by atoms with van der Waals surface area (Å²) in [7, 11) is 1.93. The highest BCUT2D eigenvalue weighted by Crippen LogP contribution is 2.27. The first-order chi connectivity index (χ1) is 10.9. The smallest absolute Gasteiger partial charge is 0.237 e. The SMILES string of the molecule is CNc1cc(C)c(/C=C/SN2CCC(N)(C(N)=O)CC2)c(C)c1. The average Bonchev–Trinajstić information content (AvgIpc) is 2.51. The number of hydrogen-bond acceptors (Lipinski definition) is 5. The summed E-state index contributed by atoms with van der Waals surface area (Å²) in [4.78, 5) is 11.4. The molecule has 1 aromatic carbocycles. The lowest BCUT2D eigenvalue weighted by Crippen LogP contribution is -2.57. The van der Waals surface area contributed by atoms with Gasteiger partial charge in [0.05, 0.1) is 5.54 Å². The van der Waals surface area contributed by atoms with Crippen molar-refractivity contribution in [1.29, 1.82) is 0 Å². The molecule has 0 spiro atoms. The fourth-order valence-corrected chi connectivity index (χ4v) is 3.57. The molecule has 1 aromatic rings. The molecule has 23 heavy (non-hydrogen) atoms. The number of carbonyl (C=O) groups excluding carboxylic acids is 1. The van der Waals surface area contributed by atoms with Gasteiger partial charge in [-0.25, -0.2) is 4.31 Å². The molecule has 1 fully saturated rings. The number of hydrogen-bond donors (Lipinski definition) is 3. The Balaban J connectivity index is 1.95. The van der Waals surface area contributed by atoms with Crippen molar-refractivity contribution in [2.45, 2.75) is 32.2 Å². The first kappa shape index (κ1) is 17.8. The summed E-state index contributed by atoms with van der Waals surface area (Å²) < 4.78 is 2.22. The van der Waals surface area contributed by atoms with Gasteiger partial charge in [0.15, 0.2) is 0 Å². The predicted octanol–water partition coefficient (Wildman–Crippen LogP) is 2.24. The molecule has 126 valence electrons. The van der Waals surface area contributed by atoms with E-state index < -0.39 is 11.4 Å². The van der Waals surface area contributed by atoms with Crippen LogP contribution in [-0.2, 0) is 4.79 Å². The molecular weight excluding hydrogens is 308 g/mol. The van der Waals surface area contributed by atoms with Crippen molar-refractivity contribution in [3.8, 4) is 0 Å². The van der Waals surface area contributed by atoms with Gasteiger partial charge in [-0.2, -0.15) is 0 Å². The normalized spacial score (nSPS) is 18.3. The van der Waals surface area contributed by atoms with Crippen LogP contribution in [0.15, 0.2) is 17.5 Å². The standard InChI is InChI=1S/C17H26N4OS/c1-12-10-14(20-3)11-13(2)15(12)4-9-23-21-7-5-17(19,6-8-21)16(18)22/h4,9-11,20H,5-8,19H2,1-3H3,(H2,18,22)/b9-4+. The van der Waals surface area contributed by atoms with E-state index in [4.69, 9.17) is 11.5 Å². The predicted molar refractivity (Wildman–Crippen MR) is 99.0 cm³/mol. The Morgan fingerprint density at radius 2 is 1.87 bits per heavy atom. The van der Waals surface area contributed by atoms with Crippen molar-refractivity contribution in [2.24, 2.45) is 11.5 Å². The highest BCUT2D eigenvalue weighted by molar-refractivity contribution is 8.00. The molecular formula is C17H26N4OS. The molecule has 0 bridgehead atoms. The van der Waals surface area contributed by atoms with Crippen molar-refractivity contribution in [1.82, 2.24) is 4.31 Å². The molecule has 1 saturated heterocycles. The molecule has 1 aliphatic rings. The number of amides is 1. The number of piperidine rings is 1. The third kappa shape index (κ3) is 4.28. The van der Waals surface area contributed by atoms with Crippen LogP contribution in [0.3, 0.4) is 0 Å². The minimum Gasteiger partial charge on any atom is -0.388 e. The number of nitrogens with two attached hydrogens (primary N) is 2. The number of nitrogens with one attached hydrogen (secondary N) is 1. The quantitative estimate of drug-likeness (QED) is 0.719. The zero-order chi connectivity index (χ0) is 17.0. The second-order valence-corrected chi connectivity index (χ2v) is 7.13. The summed E-state index contributed by atoms with van der Waals surface area (Å²) in [5.74, 6) is -0.395. The zero-order valence-electron chi connectivity index (χ0n) is 14.1. The number of carbonyl (C=O) groups is 1. The van der Waals surface area contributed by atoms with Gasteiger partial charge in [-0.3, -0.25) is 4.79 Å². The third-order valence-corrected chi connectivity index (χ3v) is 5.35. The molecule has 6 heteroatoms. The molecule has 0 aliphatic carbocycles. The van der Waals surface area contributed by atoms with Gasteiger partial charge in [0, 0.05) is 25.8 Å². The van der Waals surface area contributed by atoms with E-state index in [9.17, 15) is 4.79 Å². The lowest BCUT2D eigenvalue weighted by atomic mass is 9.89. The molecule has 2 rings (SSSR count). The van der Waals surface area contributed by atoms with Gasteiger partial charge in [-0.1, -0.05) is 11.9 Å². The maximum Gasteiger partial charge on any atom is 0.237 e. The molecule has 1 heterocycles. The maximum absolute atomic E-state index is 11.4. The van der Waals surface area contributed by atoms with Crippen LogP contribution in [0.5, 0.6) is 0 Å². The molecule has 0 saturated carbocycles. The van der Waals surface area contributed by atoms with Crippen LogP contribution in [0.25, 0.3) is 6.08 Å². The molecule has 5 N–H and O–H groups in total. The van der Waals surface area contributed by atoms with Crippen LogP contribution in [0, 0.1) is 13.8 Å². The number of rotatable bonds is 5. The summed E-state index contributed by atoms with van der Waals surface area (Å²) in [6.07, 6.45) is 3.36. The maximum atomic E-state index is 11.4. The van der Waals surface area contributed by atoms with Crippen LogP contribution in [0.1, 0.15) is 29.5 Å². The van der Waals surface area contributed by atoms with E-state index in [2.05, 4.69) is 47.1 Å². The average molecular weight is 334 g/mol. The van der Waals surface area contributed by atoms with E-state index in [1.165, 1.54) is 16.7 Å². The molecule has 0 atom stereocenters. The van der Waals surface area contributed by atoms with Gasteiger partial charge >= 0.3 is 0 Å². The number of primary amides is 1. The van der Waals surface area contributed by atoms with Gasteiger partial charge in [0.2, 0.25) is 5.91 Å². The van der Waals surface area contributed by atoms with Crippen LogP contribution >= 0.6 is 11.9 Å². The van der Waals surface area contributed by atoms with Crippen LogP contribution in [-0.4, -0.2) is 35.9 Å². The first-order valence-corrected chi connectivity index (χ1v) is 8.65. The van der Waals surface area contributed by atoms with E-state index in [0.717, 1.165) is 18.8 Å². The number of aryl methyl sites for hydroxylation is 2. The molecule has 1 aliphatic heterocycles. The Bertz CT molecular complexity index is 584. The fraction of sp³-hybridized carbons (Fsp3) is 0.471. The summed E-state index contributed by atoms with van der Waals surface area (Å²) in [5.41, 5.74) is 15.4. The lowest BCUT2D eigenvalue weighted by molar-refractivity contribution is -0.124. The highest BCUT2D eigenvalue weighted by Gasteiger charge is 2.35. The van der Waals surface area contributed by atoms with Crippen LogP contribution in [0.2, 0.25) is 0 Å². The minimum atomic E-state index is -0.836. The minimum absolute atomic E-state index is 0.395. The molecule has 1 amide bonds. The Labute approximate surface area is 142 Å².